The SMILES string of the molecule is CCOc1ccccc1NC(=O)CN[C@@H](c1ccc(C)cc1)C(F)(F)F. The standard InChI is InChI=1S/C19H21F3N2O2/c1-3-26-16-7-5-4-6-15(16)24-17(25)12-23-18(19(20,21)22)14-10-8-13(2)9-11-14/h4-11,18,23H,3,12H2,1-2H3,(H,24,25)/t18-/m0/s1. The third-order valence-corrected chi connectivity index (χ3v) is 3.67. The van der Waals surface area contributed by atoms with Crippen molar-refractivity contribution in [3.63, 3.8) is 0 Å². The van der Waals surface area contributed by atoms with E-state index < -0.39 is 24.7 Å². The molecule has 2 rings (SSSR count). The molecule has 140 valence electrons. The minimum atomic E-state index is -4.52. The molecule has 1 atom stereocenters. The highest BCUT2D eigenvalue weighted by Gasteiger charge is 2.40. The first-order valence-electron chi connectivity index (χ1n) is 8.19. The van der Waals surface area contributed by atoms with Gasteiger partial charge in [-0.1, -0.05) is 42.0 Å². The molecular formula is C19H21F3N2O2. The van der Waals surface area contributed by atoms with E-state index >= 15 is 0 Å². The fourth-order valence-electron chi connectivity index (χ4n) is 2.42. The van der Waals surface area contributed by atoms with Crippen molar-refractivity contribution in [2.75, 3.05) is 18.5 Å². The van der Waals surface area contributed by atoms with Gasteiger partial charge < -0.3 is 10.1 Å². The molecule has 0 saturated carbocycles. The summed E-state index contributed by atoms with van der Waals surface area (Å²) in [6, 6.07) is 10.9. The van der Waals surface area contributed by atoms with E-state index in [1.807, 2.05) is 0 Å². The van der Waals surface area contributed by atoms with E-state index in [2.05, 4.69) is 10.6 Å². The molecule has 0 heterocycles. The number of hydrogen-bond donors (Lipinski definition) is 2. The molecule has 0 aromatic heterocycles. The second-order valence-electron chi connectivity index (χ2n) is 5.74. The summed E-state index contributed by atoms with van der Waals surface area (Å²) in [7, 11) is 0. The van der Waals surface area contributed by atoms with Gasteiger partial charge in [0.2, 0.25) is 5.91 Å². The summed E-state index contributed by atoms with van der Waals surface area (Å²) in [6.45, 7) is 3.52. The molecule has 4 nitrogen and oxygen atoms in total. The molecular weight excluding hydrogens is 345 g/mol. The Bertz CT molecular complexity index is 730. The molecule has 1 amide bonds. The molecule has 0 aliphatic carbocycles. The Morgan fingerprint density at radius 1 is 1.12 bits per heavy atom. The number of carbonyl (C=O) groups excluding carboxylic acids is 1. The highest BCUT2D eigenvalue weighted by atomic mass is 19.4. The first-order valence-corrected chi connectivity index (χ1v) is 8.19. The highest BCUT2D eigenvalue weighted by molar-refractivity contribution is 5.93. The van der Waals surface area contributed by atoms with Gasteiger partial charge in [-0.05, 0) is 31.5 Å². The van der Waals surface area contributed by atoms with Gasteiger partial charge in [-0.25, -0.2) is 0 Å². The van der Waals surface area contributed by atoms with Crippen molar-refractivity contribution in [2.45, 2.75) is 26.1 Å². The number of alkyl halides is 3. The Morgan fingerprint density at radius 2 is 1.77 bits per heavy atom. The van der Waals surface area contributed by atoms with Crippen LogP contribution in [0.5, 0.6) is 5.75 Å². The lowest BCUT2D eigenvalue weighted by Gasteiger charge is -2.22. The number of aryl methyl sites for hydroxylation is 1. The zero-order valence-electron chi connectivity index (χ0n) is 14.6. The van der Waals surface area contributed by atoms with Crippen molar-refractivity contribution in [1.82, 2.24) is 5.32 Å². The maximum absolute atomic E-state index is 13.3. The number of ether oxygens (including phenoxy) is 1. The average molecular weight is 366 g/mol. The van der Waals surface area contributed by atoms with Crippen LogP contribution in [0.3, 0.4) is 0 Å². The average Bonchev–Trinajstić information content (AvgIpc) is 2.57. The lowest BCUT2D eigenvalue weighted by molar-refractivity contribution is -0.158. The fraction of sp³-hybridized carbons (Fsp3) is 0.316. The summed E-state index contributed by atoms with van der Waals surface area (Å²) in [5, 5.41) is 4.86. The van der Waals surface area contributed by atoms with Gasteiger partial charge >= 0.3 is 6.18 Å². The number of para-hydroxylation sites is 2. The first kappa shape index (κ1) is 19.8. The van der Waals surface area contributed by atoms with E-state index in [-0.39, 0.29) is 5.56 Å². The molecule has 0 aliphatic rings. The van der Waals surface area contributed by atoms with Crippen LogP contribution in [0.25, 0.3) is 0 Å². The van der Waals surface area contributed by atoms with Crippen molar-refractivity contribution in [1.29, 1.82) is 0 Å². The molecule has 0 radical (unpaired) electrons. The smallest absolute Gasteiger partial charge is 0.407 e. The maximum Gasteiger partial charge on any atom is 0.407 e. The van der Waals surface area contributed by atoms with Gasteiger partial charge in [0.25, 0.3) is 0 Å². The van der Waals surface area contributed by atoms with E-state index in [4.69, 9.17) is 4.74 Å². The molecule has 0 bridgehead atoms. The Morgan fingerprint density at radius 3 is 2.38 bits per heavy atom. The van der Waals surface area contributed by atoms with Crippen molar-refractivity contribution in [3.05, 3.63) is 59.7 Å². The van der Waals surface area contributed by atoms with Crippen LogP contribution in [0.2, 0.25) is 0 Å². The molecule has 0 fully saturated rings. The fourth-order valence-corrected chi connectivity index (χ4v) is 2.42. The maximum atomic E-state index is 13.3. The molecule has 0 saturated heterocycles. The van der Waals surface area contributed by atoms with Crippen LogP contribution in [-0.4, -0.2) is 25.2 Å². The molecule has 2 aromatic carbocycles. The molecule has 7 heteroatoms. The third-order valence-electron chi connectivity index (χ3n) is 3.67. The van der Waals surface area contributed by atoms with Crippen LogP contribution in [0, 0.1) is 6.92 Å². The van der Waals surface area contributed by atoms with Crippen LogP contribution < -0.4 is 15.4 Å². The predicted octanol–water partition coefficient (Wildman–Crippen LogP) is 4.23. The van der Waals surface area contributed by atoms with E-state index in [9.17, 15) is 18.0 Å². The molecule has 2 aromatic rings. The molecule has 0 unspecified atom stereocenters. The normalized spacial score (nSPS) is 12.5. The van der Waals surface area contributed by atoms with Gasteiger partial charge in [-0.2, -0.15) is 13.2 Å². The molecule has 0 spiro atoms. The second kappa shape index (κ2) is 8.71. The monoisotopic (exact) mass is 366 g/mol. The second-order valence-corrected chi connectivity index (χ2v) is 5.74. The van der Waals surface area contributed by atoms with Crippen LogP contribution in [0.1, 0.15) is 24.1 Å². The number of carbonyl (C=O) groups is 1. The lowest BCUT2D eigenvalue weighted by atomic mass is 10.0. The van der Waals surface area contributed by atoms with Crippen LogP contribution in [0.15, 0.2) is 48.5 Å². The Hall–Kier alpha value is -2.54. The summed E-state index contributed by atoms with van der Waals surface area (Å²) in [6.07, 6.45) is -4.52. The summed E-state index contributed by atoms with van der Waals surface area (Å²) < 4.78 is 45.4. The van der Waals surface area contributed by atoms with Gasteiger partial charge in [-0.15, -0.1) is 0 Å². The van der Waals surface area contributed by atoms with Gasteiger partial charge in [0.1, 0.15) is 11.8 Å². The number of amides is 1. The zero-order valence-corrected chi connectivity index (χ0v) is 14.6. The van der Waals surface area contributed by atoms with E-state index in [1.54, 1.807) is 50.2 Å². The minimum Gasteiger partial charge on any atom is -0.492 e. The number of anilines is 1. The van der Waals surface area contributed by atoms with Gasteiger partial charge in [0, 0.05) is 0 Å². The van der Waals surface area contributed by atoms with Gasteiger partial charge in [-0.3, -0.25) is 10.1 Å². The van der Waals surface area contributed by atoms with E-state index in [1.165, 1.54) is 12.1 Å². The molecule has 0 aliphatic heterocycles. The number of nitrogens with one attached hydrogen (secondary N) is 2. The number of halogens is 3. The van der Waals surface area contributed by atoms with Crippen LogP contribution in [-0.2, 0) is 4.79 Å². The summed E-state index contributed by atoms with van der Waals surface area (Å²) in [4.78, 5) is 12.1. The van der Waals surface area contributed by atoms with Crippen molar-refractivity contribution in [2.24, 2.45) is 0 Å². The van der Waals surface area contributed by atoms with Crippen molar-refractivity contribution >= 4 is 11.6 Å². The Labute approximate surface area is 150 Å². The Balaban J connectivity index is 2.04. The Kier molecular flexibility index (Phi) is 6.63. The van der Waals surface area contributed by atoms with Gasteiger partial charge in [0.15, 0.2) is 0 Å². The number of rotatable bonds is 7. The van der Waals surface area contributed by atoms with Gasteiger partial charge in [0.05, 0.1) is 18.8 Å². The van der Waals surface area contributed by atoms with E-state index in [0.29, 0.717) is 18.0 Å². The van der Waals surface area contributed by atoms with Crippen LogP contribution in [0.4, 0.5) is 18.9 Å². The largest absolute Gasteiger partial charge is 0.492 e. The minimum absolute atomic E-state index is 0.0608. The quantitative estimate of drug-likeness (QED) is 0.771. The summed E-state index contributed by atoms with van der Waals surface area (Å²) in [5.74, 6) is -0.118. The van der Waals surface area contributed by atoms with Crippen LogP contribution >= 0.6 is 0 Å². The topological polar surface area (TPSA) is 50.4 Å². The van der Waals surface area contributed by atoms with Crippen molar-refractivity contribution < 1.29 is 22.7 Å². The van der Waals surface area contributed by atoms with Crippen molar-refractivity contribution in [3.8, 4) is 5.75 Å². The van der Waals surface area contributed by atoms with E-state index in [0.717, 1.165) is 5.56 Å². The lowest BCUT2D eigenvalue weighted by Crippen LogP contribution is -2.38. The summed E-state index contributed by atoms with van der Waals surface area (Å²) in [5.41, 5.74) is 1.34. The first-order chi connectivity index (χ1) is 12.3. The summed E-state index contributed by atoms with van der Waals surface area (Å²) >= 11 is 0. The molecule has 26 heavy (non-hydrogen) atoms. The zero-order chi connectivity index (χ0) is 19.2. The molecule has 2 N–H and O–H groups in total. The third kappa shape index (κ3) is 5.49. The predicted molar refractivity (Wildman–Crippen MR) is 94.2 cm³/mol. The number of benzene rings is 2. The highest BCUT2D eigenvalue weighted by Crippen LogP contribution is 2.32. The number of hydrogen-bond acceptors (Lipinski definition) is 3.